The van der Waals surface area contributed by atoms with Crippen molar-refractivity contribution < 1.29 is 4.79 Å². The molecule has 1 aromatic heterocycles. The summed E-state index contributed by atoms with van der Waals surface area (Å²) in [6, 6.07) is 4.64. The van der Waals surface area contributed by atoms with Gasteiger partial charge in [0, 0.05) is 12.6 Å². The van der Waals surface area contributed by atoms with Gasteiger partial charge in [0.1, 0.15) is 0 Å². The lowest BCUT2D eigenvalue weighted by Gasteiger charge is -2.01. The highest BCUT2D eigenvalue weighted by Crippen LogP contribution is 2.08. The number of carbonyl (C=O) groups is 1. The van der Waals surface area contributed by atoms with Crippen LogP contribution in [0.15, 0.2) is 27.8 Å². The Morgan fingerprint density at radius 1 is 1.12 bits per heavy atom. The quantitative estimate of drug-likeness (QED) is 0.568. The Hall–Kier alpha value is -2.37. The van der Waals surface area contributed by atoms with E-state index in [9.17, 15) is 14.4 Å². The van der Waals surface area contributed by atoms with Crippen molar-refractivity contribution in [2.75, 3.05) is 7.05 Å². The van der Waals surface area contributed by atoms with Crippen LogP contribution >= 0.6 is 0 Å². The number of benzene rings is 1. The molecule has 1 heterocycles. The lowest BCUT2D eigenvalue weighted by molar-refractivity contribution is 0.0963. The van der Waals surface area contributed by atoms with Gasteiger partial charge in [-0.25, -0.2) is 0 Å². The fourth-order valence-corrected chi connectivity index (χ4v) is 1.40. The van der Waals surface area contributed by atoms with Crippen molar-refractivity contribution >= 4 is 16.9 Å². The predicted octanol–water partition coefficient (Wildman–Crippen LogP) is -0.424. The maximum atomic E-state index is 11.3. The molecule has 0 aliphatic rings. The minimum atomic E-state index is -0.735. The first kappa shape index (κ1) is 10.2. The van der Waals surface area contributed by atoms with Gasteiger partial charge >= 0.3 is 11.1 Å². The van der Waals surface area contributed by atoms with Gasteiger partial charge in [0.15, 0.2) is 0 Å². The Bertz CT molecular complexity index is 669. The van der Waals surface area contributed by atoms with E-state index in [0.29, 0.717) is 16.6 Å². The van der Waals surface area contributed by atoms with Gasteiger partial charge in [-0.2, -0.15) is 0 Å². The summed E-state index contributed by atoms with van der Waals surface area (Å²) in [5.41, 5.74) is -0.123. The van der Waals surface area contributed by atoms with Crippen molar-refractivity contribution in [3.63, 3.8) is 0 Å². The molecule has 3 N–H and O–H groups in total. The molecular formula is C10H9N3O3. The van der Waals surface area contributed by atoms with Crippen molar-refractivity contribution in [1.82, 2.24) is 15.3 Å². The molecule has 0 fully saturated rings. The van der Waals surface area contributed by atoms with Crippen LogP contribution in [0.4, 0.5) is 0 Å². The van der Waals surface area contributed by atoms with Gasteiger partial charge in [-0.05, 0) is 18.2 Å². The fraction of sp³-hybridized carbons (Fsp3) is 0.100. The first-order valence-electron chi connectivity index (χ1n) is 4.60. The molecule has 1 amide bonds. The number of rotatable bonds is 1. The highest BCUT2D eigenvalue weighted by Gasteiger charge is 2.05. The van der Waals surface area contributed by atoms with Gasteiger partial charge in [0.2, 0.25) is 0 Å². The first-order valence-corrected chi connectivity index (χ1v) is 4.60. The Balaban J connectivity index is 2.71. The molecule has 0 atom stereocenters. The number of hydrogen-bond donors (Lipinski definition) is 3. The van der Waals surface area contributed by atoms with E-state index in [1.54, 1.807) is 12.1 Å². The minimum Gasteiger partial charge on any atom is -0.355 e. The molecule has 0 aliphatic heterocycles. The van der Waals surface area contributed by atoms with E-state index >= 15 is 0 Å². The summed E-state index contributed by atoms with van der Waals surface area (Å²) in [6.07, 6.45) is 0. The van der Waals surface area contributed by atoms with Crippen molar-refractivity contribution in [2.45, 2.75) is 0 Å². The number of aromatic amines is 2. The standard InChI is InChI=1S/C10H9N3O3/c1-11-8(14)5-2-3-6-7(4-5)13-10(16)9(15)12-6/h2-4H,1H3,(H,11,14)(H,12,15)(H,13,16). The molecule has 0 aliphatic carbocycles. The van der Waals surface area contributed by atoms with Crippen LogP contribution in [0, 0.1) is 0 Å². The van der Waals surface area contributed by atoms with Crippen LogP contribution in [0.25, 0.3) is 11.0 Å². The molecule has 0 radical (unpaired) electrons. The summed E-state index contributed by atoms with van der Waals surface area (Å²) in [5, 5.41) is 2.47. The van der Waals surface area contributed by atoms with E-state index < -0.39 is 11.1 Å². The zero-order valence-corrected chi connectivity index (χ0v) is 8.46. The molecule has 16 heavy (non-hydrogen) atoms. The number of hydrogen-bond acceptors (Lipinski definition) is 3. The summed E-state index contributed by atoms with van der Waals surface area (Å²) < 4.78 is 0. The first-order chi connectivity index (χ1) is 7.61. The topological polar surface area (TPSA) is 94.8 Å². The predicted molar refractivity (Wildman–Crippen MR) is 58.6 cm³/mol. The second-order valence-electron chi connectivity index (χ2n) is 3.25. The lowest BCUT2D eigenvalue weighted by atomic mass is 10.2. The Morgan fingerprint density at radius 3 is 2.38 bits per heavy atom. The van der Waals surface area contributed by atoms with Crippen LogP contribution in [-0.4, -0.2) is 22.9 Å². The second kappa shape index (κ2) is 3.65. The Kier molecular flexibility index (Phi) is 2.32. The minimum absolute atomic E-state index is 0.256. The molecule has 2 rings (SSSR count). The van der Waals surface area contributed by atoms with Crippen LogP contribution in [0.3, 0.4) is 0 Å². The van der Waals surface area contributed by atoms with Crippen LogP contribution < -0.4 is 16.4 Å². The molecule has 2 aromatic rings. The molecule has 0 spiro atoms. The van der Waals surface area contributed by atoms with Crippen molar-refractivity contribution in [3.8, 4) is 0 Å². The van der Waals surface area contributed by atoms with Crippen LogP contribution in [-0.2, 0) is 0 Å². The number of nitrogens with one attached hydrogen (secondary N) is 3. The van der Waals surface area contributed by atoms with E-state index in [0.717, 1.165) is 0 Å². The molecule has 0 bridgehead atoms. The monoisotopic (exact) mass is 219 g/mol. The van der Waals surface area contributed by atoms with Crippen LogP contribution in [0.1, 0.15) is 10.4 Å². The lowest BCUT2D eigenvalue weighted by Crippen LogP contribution is -2.29. The number of H-pyrrole nitrogens is 2. The van der Waals surface area contributed by atoms with Crippen LogP contribution in [0.2, 0.25) is 0 Å². The number of aromatic nitrogens is 2. The fourth-order valence-electron chi connectivity index (χ4n) is 1.40. The summed E-state index contributed by atoms with van der Waals surface area (Å²) in [7, 11) is 1.52. The van der Waals surface area contributed by atoms with E-state index in [-0.39, 0.29) is 5.91 Å². The van der Waals surface area contributed by atoms with E-state index in [4.69, 9.17) is 0 Å². The summed E-state index contributed by atoms with van der Waals surface area (Å²) in [5.74, 6) is -0.256. The number of fused-ring (bicyclic) bond motifs is 1. The van der Waals surface area contributed by atoms with Crippen LogP contribution in [0.5, 0.6) is 0 Å². The number of carbonyl (C=O) groups excluding carboxylic acids is 1. The highest BCUT2D eigenvalue weighted by atomic mass is 16.2. The molecule has 0 unspecified atom stereocenters. The molecule has 82 valence electrons. The maximum Gasteiger partial charge on any atom is 0.314 e. The molecule has 6 nitrogen and oxygen atoms in total. The second-order valence-corrected chi connectivity index (χ2v) is 3.25. The molecule has 6 heteroatoms. The van der Waals surface area contributed by atoms with Gasteiger partial charge < -0.3 is 15.3 Å². The molecule has 0 saturated heterocycles. The van der Waals surface area contributed by atoms with E-state index in [1.165, 1.54) is 13.1 Å². The van der Waals surface area contributed by atoms with Crippen molar-refractivity contribution in [3.05, 3.63) is 44.5 Å². The van der Waals surface area contributed by atoms with E-state index in [1.807, 2.05) is 0 Å². The number of amides is 1. The smallest absolute Gasteiger partial charge is 0.314 e. The third-order valence-electron chi connectivity index (χ3n) is 2.21. The zero-order valence-electron chi connectivity index (χ0n) is 8.46. The third kappa shape index (κ3) is 1.60. The molecule has 1 aromatic carbocycles. The Labute approximate surface area is 89.3 Å². The molecular weight excluding hydrogens is 210 g/mol. The van der Waals surface area contributed by atoms with Gasteiger partial charge in [-0.1, -0.05) is 0 Å². The zero-order chi connectivity index (χ0) is 11.7. The van der Waals surface area contributed by atoms with Gasteiger partial charge in [-0.3, -0.25) is 14.4 Å². The van der Waals surface area contributed by atoms with Crippen molar-refractivity contribution in [2.24, 2.45) is 0 Å². The third-order valence-corrected chi connectivity index (χ3v) is 2.21. The van der Waals surface area contributed by atoms with E-state index in [2.05, 4.69) is 15.3 Å². The van der Waals surface area contributed by atoms with Crippen molar-refractivity contribution in [1.29, 1.82) is 0 Å². The van der Waals surface area contributed by atoms with Gasteiger partial charge in [-0.15, -0.1) is 0 Å². The average molecular weight is 219 g/mol. The largest absolute Gasteiger partial charge is 0.355 e. The SMILES string of the molecule is CNC(=O)c1ccc2[nH]c(=O)c(=O)[nH]c2c1. The summed E-state index contributed by atoms with van der Waals surface area (Å²) >= 11 is 0. The van der Waals surface area contributed by atoms with Gasteiger partial charge in [0.25, 0.3) is 5.91 Å². The van der Waals surface area contributed by atoms with Gasteiger partial charge in [0.05, 0.1) is 11.0 Å². The summed E-state index contributed by atoms with van der Waals surface area (Å²) in [4.78, 5) is 38.3. The Morgan fingerprint density at radius 2 is 1.75 bits per heavy atom. The average Bonchev–Trinajstić information content (AvgIpc) is 2.29. The normalized spacial score (nSPS) is 10.3. The maximum absolute atomic E-state index is 11.3. The molecule has 0 saturated carbocycles. The highest BCUT2D eigenvalue weighted by molar-refractivity contribution is 5.96. The summed E-state index contributed by atoms with van der Waals surface area (Å²) in [6.45, 7) is 0.